The third-order valence-corrected chi connectivity index (χ3v) is 5.20. The van der Waals surface area contributed by atoms with Gasteiger partial charge in [0.1, 0.15) is 5.70 Å². The lowest BCUT2D eigenvalue weighted by molar-refractivity contribution is -0.113. The monoisotopic (exact) mass is 508 g/mol. The van der Waals surface area contributed by atoms with Gasteiger partial charge in [-0.25, -0.2) is 4.79 Å². The molecule has 0 saturated heterocycles. The Bertz CT molecular complexity index is 1270. The van der Waals surface area contributed by atoms with E-state index in [-0.39, 0.29) is 23.7 Å². The molecule has 1 heterocycles. The van der Waals surface area contributed by atoms with Gasteiger partial charge < -0.3 is 25.2 Å². The first-order valence-corrected chi connectivity index (χ1v) is 10.5. The van der Waals surface area contributed by atoms with E-state index in [1.165, 1.54) is 24.3 Å². The molecule has 0 bridgehead atoms. The number of aromatic carboxylic acids is 1. The summed E-state index contributed by atoms with van der Waals surface area (Å²) in [6, 6.07) is 17.6. The van der Waals surface area contributed by atoms with E-state index in [4.69, 9.17) is 9.47 Å². The summed E-state index contributed by atoms with van der Waals surface area (Å²) in [6.45, 7) is 0.107. The molecule has 0 atom stereocenters. The number of carboxylic acids is 1. The Labute approximate surface area is 197 Å². The number of hydrogen-bond acceptors (Lipinski definition) is 5. The van der Waals surface area contributed by atoms with Crippen LogP contribution in [0.1, 0.15) is 26.3 Å². The first-order valence-electron chi connectivity index (χ1n) is 9.72. The molecule has 3 N–H and O–H groups in total. The molecule has 0 fully saturated rings. The maximum Gasteiger partial charge on any atom is 0.335 e. The molecule has 0 saturated carbocycles. The molecule has 1 aliphatic rings. The fourth-order valence-corrected chi connectivity index (χ4v) is 3.32. The number of ether oxygens (including phenoxy) is 2. The zero-order chi connectivity index (χ0) is 23.4. The van der Waals surface area contributed by atoms with Crippen molar-refractivity contribution in [2.45, 2.75) is 0 Å². The summed E-state index contributed by atoms with van der Waals surface area (Å²) < 4.78 is 11.5. The first-order chi connectivity index (χ1) is 15.9. The number of benzene rings is 3. The van der Waals surface area contributed by atoms with E-state index in [2.05, 4.69) is 26.6 Å². The van der Waals surface area contributed by atoms with Crippen LogP contribution >= 0.6 is 15.9 Å². The topological polar surface area (TPSA) is 114 Å². The summed E-state index contributed by atoms with van der Waals surface area (Å²) in [4.78, 5) is 37.0. The van der Waals surface area contributed by atoms with Crippen LogP contribution in [-0.4, -0.2) is 29.7 Å². The number of rotatable bonds is 6. The number of hydrogen-bond donors (Lipinski definition) is 3. The molecule has 9 heteroatoms. The Balaban J connectivity index is 1.63. The average molecular weight is 509 g/mol. The second kappa shape index (κ2) is 9.58. The van der Waals surface area contributed by atoms with Gasteiger partial charge in [-0.2, -0.15) is 0 Å². The van der Waals surface area contributed by atoms with Crippen LogP contribution < -0.4 is 20.1 Å². The normalized spacial score (nSPS) is 12.2. The van der Waals surface area contributed by atoms with E-state index in [0.717, 1.165) is 4.47 Å². The number of halogens is 1. The molecule has 0 aliphatic carbocycles. The molecule has 33 heavy (non-hydrogen) atoms. The minimum atomic E-state index is -1.12. The van der Waals surface area contributed by atoms with Crippen LogP contribution in [-0.2, 0) is 4.79 Å². The number of carbonyl (C=O) groups is 3. The van der Waals surface area contributed by atoms with E-state index in [1.807, 2.05) is 0 Å². The molecule has 3 aromatic carbocycles. The molecule has 0 radical (unpaired) electrons. The summed E-state index contributed by atoms with van der Waals surface area (Å²) in [6.07, 6.45) is 1.50. The van der Waals surface area contributed by atoms with Crippen LogP contribution in [0.15, 0.2) is 76.9 Å². The minimum absolute atomic E-state index is 0.0213. The summed E-state index contributed by atoms with van der Waals surface area (Å²) in [7, 11) is 0. The lowest BCUT2D eigenvalue weighted by atomic mass is 10.1. The number of amides is 2. The van der Waals surface area contributed by atoms with Gasteiger partial charge in [-0.1, -0.05) is 28.1 Å². The number of fused-ring (bicyclic) bond motifs is 1. The van der Waals surface area contributed by atoms with E-state index in [9.17, 15) is 19.5 Å². The van der Waals surface area contributed by atoms with Crippen molar-refractivity contribution in [3.8, 4) is 11.5 Å². The highest BCUT2D eigenvalue weighted by Gasteiger charge is 2.18. The van der Waals surface area contributed by atoms with Crippen molar-refractivity contribution in [2.24, 2.45) is 0 Å². The Morgan fingerprint density at radius 3 is 2.42 bits per heavy atom. The lowest BCUT2D eigenvalue weighted by Gasteiger charge is -2.12. The van der Waals surface area contributed by atoms with Crippen LogP contribution in [0.25, 0.3) is 6.08 Å². The molecule has 3 aromatic rings. The summed E-state index contributed by atoms with van der Waals surface area (Å²) in [5.41, 5.74) is 1.21. The first kappa shape index (κ1) is 22.1. The second-order valence-electron chi connectivity index (χ2n) is 6.97. The van der Waals surface area contributed by atoms with E-state index in [0.29, 0.717) is 22.6 Å². The Morgan fingerprint density at radius 1 is 0.909 bits per heavy atom. The zero-order valence-corrected chi connectivity index (χ0v) is 18.6. The minimum Gasteiger partial charge on any atom is -0.478 e. The van der Waals surface area contributed by atoms with Gasteiger partial charge in [0.05, 0.1) is 5.56 Å². The Morgan fingerprint density at radius 2 is 1.67 bits per heavy atom. The quantitative estimate of drug-likeness (QED) is 0.428. The number of carboxylic acid groups (broad SMARTS) is 1. The smallest absolute Gasteiger partial charge is 0.335 e. The summed E-state index contributed by atoms with van der Waals surface area (Å²) in [5, 5.41) is 14.4. The highest BCUT2D eigenvalue weighted by Crippen LogP contribution is 2.33. The van der Waals surface area contributed by atoms with Crippen LogP contribution in [0.5, 0.6) is 11.5 Å². The molecule has 0 aromatic heterocycles. The molecule has 0 spiro atoms. The van der Waals surface area contributed by atoms with Gasteiger partial charge in [-0.05, 0) is 66.2 Å². The number of carbonyl (C=O) groups excluding carboxylic acids is 2. The lowest BCUT2D eigenvalue weighted by Crippen LogP contribution is -2.30. The Kier molecular flexibility index (Phi) is 6.41. The van der Waals surface area contributed by atoms with E-state index >= 15 is 0 Å². The van der Waals surface area contributed by atoms with Crippen LogP contribution in [0.2, 0.25) is 0 Å². The number of anilines is 1. The second-order valence-corrected chi connectivity index (χ2v) is 7.89. The maximum absolute atomic E-state index is 13.0. The van der Waals surface area contributed by atoms with E-state index < -0.39 is 17.8 Å². The van der Waals surface area contributed by atoms with Gasteiger partial charge in [0.2, 0.25) is 6.79 Å². The maximum atomic E-state index is 13.0. The third kappa shape index (κ3) is 5.39. The standard InChI is InChI=1S/C24H17BrN2O6/c25-17-7-5-15(6-8-17)22(28)27-19(10-14-4-9-20-21(11-14)33-13-32-20)23(29)26-18-3-1-2-16(12-18)24(30)31/h1-12H,13H2,(H,26,29)(H,27,28)(H,30,31)/b19-10+. The van der Waals surface area contributed by atoms with Crippen molar-refractivity contribution >= 4 is 45.5 Å². The largest absolute Gasteiger partial charge is 0.478 e. The molecule has 166 valence electrons. The SMILES string of the molecule is O=C(Nc1cccc(C(=O)O)c1)/C(=C\c1ccc2c(c1)OCO2)NC(=O)c1ccc(Br)cc1. The van der Waals surface area contributed by atoms with Gasteiger partial charge in [0, 0.05) is 15.7 Å². The van der Waals surface area contributed by atoms with Crippen molar-refractivity contribution in [3.63, 3.8) is 0 Å². The molecular weight excluding hydrogens is 492 g/mol. The highest BCUT2D eigenvalue weighted by molar-refractivity contribution is 9.10. The van der Waals surface area contributed by atoms with Gasteiger partial charge in [0.25, 0.3) is 11.8 Å². The van der Waals surface area contributed by atoms with Crippen molar-refractivity contribution in [3.05, 3.63) is 93.6 Å². The highest BCUT2D eigenvalue weighted by atomic mass is 79.9. The number of nitrogens with one attached hydrogen (secondary N) is 2. The van der Waals surface area contributed by atoms with Crippen LogP contribution in [0.4, 0.5) is 5.69 Å². The molecule has 0 unspecified atom stereocenters. The van der Waals surface area contributed by atoms with Gasteiger partial charge in [-0.3, -0.25) is 9.59 Å². The average Bonchev–Trinajstić information content (AvgIpc) is 3.27. The molecular formula is C24H17BrN2O6. The predicted octanol–water partition coefficient (Wildman–Crippen LogP) is 4.29. The van der Waals surface area contributed by atoms with Gasteiger partial charge >= 0.3 is 5.97 Å². The van der Waals surface area contributed by atoms with Crippen LogP contribution in [0, 0.1) is 0 Å². The molecule has 2 amide bonds. The summed E-state index contributed by atoms with van der Waals surface area (Å²) >= 11 is 3.32. The predicted molar refractivity (Wildman–Crippen MR) is 124 cm³/mol. The molecule has 4 rings (SSSR count). The van der Waals surface area contributed by atoms with Crippen molar-refractivity contribution in [1.82, 2.24) is 5.32 Å². The van der Waals surface area contributed by atoms with Crippen molar-refractivity contribution < 1.29 is 29.0 Å². The fraction of sp³-hybridized carbons (Fsp3) is 0.0417. The van der Waals surface area contributed by atoms with Gasteiger partial charge in [0.15, 0.2) is 11.5 Å². The Hall–Kier alpha value is -4.11. The fourth-order valence-electron chi connectivity index (χ4n) is 3.05. The third-order valence-electron chi connectivity index (χ3n) is 4.67. The molecule has 1 aliphatic heterocycles. The zero-order valence-electron chi connectivity index (χ0n) is 17.0. The van der Waals surface area contributed by atoms with Crippen molar-refractivity contribution in [1.29, 1.82) is 0 Å². The van der Waals surface area contributed by atoms with Crippen molar-refractivity contribution in [2.75, 3.05) is 12.1 Å². The van der Waals surface area contributed by atoms with E-state index in [1.54, 1.807) is 48.5 Å². The molecule has 8 nitrogen and oxygen atoms in total. The van der Waals surface area contributed by atoms with Crippen LogP contribution in [0.3, 0.4) is 0 Å². The summed E-state index contributed by atoms with van der Waals surface area (Å²) in [5.74, 6) is -1.12. The van der Waals surface area contributed by atoms with Gasteiger partial charge in [-0.15, -0.1) is 0 Å².